The standard InChI is InChI=1S/C14H26F3N/c1-3-5-7-11(4-2)10-12-8-6-9-13(18-12)14(15,16)17/h11-13,18H,3-10H2,1-2H3. The number of halogens is 3. The predicted octanol–water partition coefficient (Wildman–Crippen LogP) is 4.67. The van der Waals surface area contributed by atoms with E-state index in [9.17, 15) is 13.2 Å². The highest BCUT2D eigenvalue weighted by molar-refractivity contribution is 4.86. The second-order valence-corrected chi connectivity index (χ2v) is 5.54. The fourth-order valence-electron chi connectivity index (χ4n) is 2.85. The molecule has 18 heavy (non-hydrogen) atoms. The fraction of sp³-hybridized carbons (Fsp3) is 1.00. The number of unbranched alkanes of at least 4 members (excludes halogenated alkanes) is 1. The maximum atomic E-state index is 12.7. The summed E-state index contributed by atoms with van der Waals surface area (Å²) in [7, 11) is 0. The molecule has 3 unspecified atom stereocenters. The Bertz CT molecular complexity index is 228. The summed E-state index contributed by atoms with van der Waals surface area (Å²) in [6.07, 6.45) is 3.25. The second kappa shape index (κ2) is 7.37. The zero-order valence-electron chi connectivity index (χ0n) is 11.5. The van der Waals surface area contributed by atoms with Gasteiger partial charge in [-0.25, -0.2) is 0 Å². The van der Waals surface area contributed by atoms with Crippen molar-refractivity contribution in [2.75, 3.05) is 0 Å². The van der Waals surface area contributed by atoms with E-state index in [1.165, 1.54) is 12.8 Å². The molecular formula is C14H26F3N. The molecule has 0 saturated carbocycles. The van der Waals surface area contributed by atoms with Crippen molar-refractivity contribution in [1.82, 2.24) is 5.32 Å². The van der Waals surface area contributed by atoms with Gasteiger partial charge in [0.05, 0.1) is 0 Å². The first kappa shape index (κ1) is 15.8. The van der Waals surface area contributed by atoms with Gasteiger partial charge in [-0.1, -0.05) is 46.0 Å². The molecule has 0 aromatic heterocycles. The molecule has 108 valence electrons. The van der Waals surface area contributed by atoms with Crippen LogP contribution in [0.4, 0.5) is 13.2 Å². The van der Waals surface area contributed by atoms with E-state index in [1.807, 2.05) is 0 Å². The molecule has 1 N–H and O–H groups in total. The number of hydrogen-bond acceptors (Lipinski definition) is 1. The second-order valence-electron chi connectivity index (χ2n) is 5.54. The quantitative estimate of drug-likeness (QED) is 0.736. The van der Waals surface area contributed by atoms with Crippen LogP contribution >= 0.6 is 0 Å². The van der Waals surface area contributed by atoms with Crippen molar-refractivity contribution in [3.63, 3.8) is 0 Å². The van der Waals surface area contributed by atoms with Gasteiger partial charge in [0.25, 0.3) is 0 Å². The van der Waals surface area contributed by atoms with Crippen LogP contribution in [0.25, 0.3) is 0 Å². The summed E-state index contributed by atoms with van der Waals surface area (Å²) in [6, 6.07) is -1.22. The monoisotopic (exact) mass is 265 g/mol. The highest BCUT2D eigenvalue weighted by atomic mass is 19.4. The molecule has 0 aromatic rings. The van der Waals surface area contributed by atoms with Crippen LogP contribution in [0, 0.1) is 5.92 Å². The van der Waals surface area contributed by atoms with Crippen molar-refractivity contribution in [2.45, 2.75) is 83.5 Å². The van der Waals surface area contributed by atoms with Crippen LogP contribution in [0.1, 0.15) is 65.2 Å². The highest BCUT2D eigenvalue weighted by Crippen LogP contribution is 2.30. The Morgan fingerprint density at radius 1 is 1.22 bits per heavy atom. The molecule has 1 fully saturated rings. The minimum Gasteiger partial charge on any atom is -0.303 e. The summed E-state index contributed by atoms with van der Waals surface area (Å²) in [6.45, 7) is 4.30. The molecule has 0 amide bonds. The third-order valence-corrected chi connectivity index (χ3v) is 4.04. The summed E-state index contributed by atoms with van der Waals surface area (Å²) < 4.78 is 38.0. The van der Waals surface area contributed by atoms with Gasteiger partial charge in [-0.2, -0.15) is 13.2 Å². The average molecular weight is 265 g/mol. The Morgan fingerprint density at radius 3 is 2.50 bits per heavy atom. The lowest BCUT2D eigenvalue weighted by Crippen LogP contribution is -2.50. The van der Waals surface area contributed by atoms with E-state index in [1.54, 1.807) is 0 Å². The molecule has 4 heteroatoms. The SMILES string of the molecule is CCCCC(CC)CC1CCCC(C(F)(F)F)N1. The Labute approximate surface area is 109 Å². The molecule has 0 bridgehead atoms. The van der Waals surface area contributed by atoms with Crippen molar-refractivity contribution < 1.29 is 13.2 Å². The van der Waals surface area contributed by atoms with E-state index in [-0.39, 0.29) is 12.5 Å². The van der Waals surface area contributed by atoms with Gasteiger partial charge >= 0.3 is 6.18 Å². The Kier molecular flexibility index (Phi) is 6.47. The summed E-state index contributed by atoms with van der Waals surface area (Å²) in [5.74, 6) is 0.578. The zero-order valence-corrected chi connectivity index (χ0v) is 11.5. The Hall–Kier alpha value is -0.250. The number of rotatable bonds is 6. The molecule has 1 rings (SSSR count). The van der Waals surface area contributed by atoms with Crippen molar-refractivity contribution in [3.8, 4) is 0 Å². The van der Waals surface area contributed by atoms with E-state index >= 15 is 0 Å². The molecule has 1 aliphatic heterocycles. The zero-order chi connectivity index (χ0) is 13.6. The van der Waals surface area contributed by atoms with Crippen LogP contribution in [0.2, 0.25) is 0 Å². The average Bonchev–Trinajstić information content (AvgIpc) is 2.33. The Balaban J connectivity index is 2.41. The maximum Gasteiger partial charge on any atom is 0.403 e. The molecule has 1 saturated heterocycles. The summed E-state index contributed by atoms with van der Waals surface area (Å²) in [5, 5.41) is 2.81. The molecule has 0 aromatic carbocycles. The number of piperidine rings is 1. The molecular weight excluding hydrogens is 239 g/mol. The third kappa shape index (κ3) is 5.17. The van der Waals surface area contributed by atoms with Gasteiger partial charge in [0.1, 0.15) is 6.04 Å². The van der Waals surface area contributed by atoms with Crippen LogP contribution in [0.15, 0.2) is 0 Å². The lowest BCUT2D eigenvalue weighted by Gasteiger charge is -2.34. The lowest BCUT2D eigenvalue weighted by molar-refractivity contribution is -0.163. The topological polar surface area (TPSA) is 12.0 Å². The summed E-state index contributed by atoms with van der Waals surface area (Å²) in [4.78, 5) is 0. The first-order valence-corrected chi connectivity index (χ1v) is 7.30. The van der Waals surface area contributed by atoms with Gasteiger partial charge in [-0.05, 0) is 25.2 Å². The molecule has 1 heterocycles. The minimum atomic E-state index is -4.08. The number of hydrogen-bond donors (Lipinski definition) is 1. The smallest absolute Gasteiger partial charge is 0.303 e. The first-order valence-electron chi connectivity index (χ1n) is 7.30. The molecule has 0 aliphatic carbocycles. The van der Waals surface area contributed by atoms with E-state index in [0.29, 0.717) is 12.3 Å². The molecule has 0 radical (unpaired) electrons. The van der Waals surface area contributed by atoms with Crippen LogP contribution in [0.5, 0.6) is 0 Å². The normalized spacial score (nSPS) is 27.2. The lowest BCUT2D eigenvalue weighted by atomic mass is 9.87. The largest absolute Gasteiger partial charge is 0.403 e. The van der Waals surface area contributed by atoms with Crippen LogP contribution in [0.3, 0.4) is 0 Å². The number of alkyl halides is 3. The van der Waals surface area contributed by atoms with Crippen LogP contribution in [-0.2, 0) is 0 Å². The van der Waals surface area contributed by atoms with Crippen molar-refractivity contribution in [1.29, 1.82) is 0 Å². The van der Waals surface area contributed by atoms with Gasteiger partial charge < -0.3 is 5.32 Å². The predicted molar refractivity (Wildman–Crippen MR) is 68.5 cm³/mol. The highest BCUT2D eigenvalue weighted by Gasteiger charge is 2.42. The fourth-order valence-corrected chi connectivity index (χ4v) is 2.85. The van der Waals surface area contributed by atoms with Gasteiger partial charge in [0.15, 0.2) is 0 Å². The van der Waals surface area contributed by atoms with Crippen molar-refractivity contribution in [3.05, 3.63) is 0 Å². The Morgan fingerprint density at radius 2 is 1.94 bits per heavy atom. The van der Waals surface area contributed by atoms with Crippen molar-refractivity contribution >= 4 is 0 Å². The van der Waals surface area contributed by atoms with Crippen LogP contribution in [-0.4, -0.2) is 18.3 Å². The first-order chi connectivity index (χ1) is 8.47. The third-order valence-electron chi connectivity index (χ3n) is 4.04. The van der Waals surface area contributed by atoms with Gasteiger partial charge in [-0.3, -0.25) is 0 Å². The van der Waals surface area contributed by atoms with E-state index in [4.69, 9.17) is 0 Å². The molecule has 1 aliphatic rings. The minimum absolute atomic E-state index is 0.0622. The van der Waals surface area contributed by atoms with Crippen molar-refractivity contribution in [2.24, 2.45) is 5.92 Å². The van der Waals surface area contributed by atoms with Gasteiger partial charge in [0, 0.05) is 6.04 Å². The maximum absolute atomic E-state index is 12.7. The van der Waals surface area contributed by atoms with E-state index in [2.05, 4.69) is 19.2 Å². The van der Waals surface area contributed by atoms with E-state index < -0.39 is 12.2 Å². The van der Waals surface area contributed by atoms with Gasteiger partial charge in [-0.15, -0.1) is 0 Å². The van der Waals surface area contributed by atoms with Crippen LogP contribution < -0.4 is 5.32 Å². The number of nitrogens with one attached hydrogen (secondary N) is 1. The summed E-state index contributed by atoms with van der Waals surface area (Å²) >= 11 is 0. The van der Waals surface area contributed by atoms with Gasteiger partial charge in [0.2, 0.25) is 0 Å². The molecule has 1 nitrogen and oxygen atoms in total. The molecule has 3 atom stereocenters. The van der Waals surface area contributed by atoms with E-state index in [0.717, 1.165) is 25.7 Å². The summed E-state index contributed by atoms with van der Waals surface area (Å²) in [5.41, 5.74) is 0. The molecule has 0 spiro atoms.